The minimum absolute atomic E-state index is 0.156. The fraction of sp³-hybridized carbons (Fsp3) is 0.188. The Morgan fingerprint density at radius 2 is 2.04 bits per heavy atom. The third-order valence-corrected chi connectivity index (χ3v) is 4.39. The normalized spacial score (nSPS) is 17.7. The first-order chi connectivity index (χ1) is 11.0. The number of rotatable bonds is 3. The summed E-state index contributed by atoms with van der Waals surface area (Å²) < 4.78 is 1.61. The molecule has 118 valence electrons. The molecule has 3 rings (SSSR count). The average Bonchev–Trinajstić information content (AvgIpc) is 3.01. The third-order valence-electron chi connectivity index (χ3n) is 3.80. The van der Waals surface area contributed by atoms with Crippen molar-refractivity contribution >= 4 is 40.9 Å². The number of halogens is 1. The van der Waals surface area contributed by atoms with Crippen LogP contribution in [0.15, 0.2) is 42.2 Å². The van der Waals surface area contributed by atoms with E-state index >= 15 is 0 Å². The highest BCUT2D eigenvalue weighted by molar-refractivity contribution is 7.80. The third kappa shape index (κ3) is 2.87. The molecule has 5 nitrogen and oxygen atoms in total. The van der Waals surface area contributed by atoms with E-state index < -0.39 is 0 Å². The number of carbonyl (C=O) groups is 1. The van der Waals surface area contributed by atoms with Gasteiger partial charge < -0.3 is 5.32 Å². The molecule has 23 heavy (non-hydrogen) atoms. The van der Waals surface area contributed by atoms with Gasteiger partial charge in [-0.2, -0.15) is 5.10 Å². The molecule has 1 fully saturated rings. The number of nitrogens with zero attached hydrogens (tertiary/aromatic N) is 3. The predicted molar refractivity (Wildman–Crippen MR) is 93.6 cm³/mol. The highest BCUT2D eigenvalue weighted by atomic mass is 35.5. The van der Waals surface area contributed by atoms with Crippen LogP contribution >= 0.6 is 23.8 Å². The van der Waals surface area contributed by atoms with Crippen LogP contribution in [0.4, 0.5) is 0 Å². The molecule has 1 unspecified atom stereocenters. The van der Waals surface area contributed by atoms with Gasteiger partial charge in [0.1, 0.15) is 5.70 Å². The van der Waals surface area contributed by atoms with E-state index in [-0.39, 0.29) is 11.9 Å². The van der Waals surface area contributed by atoms with E-state index in [4.69, 9.17) is 23.8 Å². The minimum atomic E-state index is -0.177. The SMILES string of the molecule is CC(c1ccccc1)N1C(=O)/C(=C/c2c(Cl)cnn2C)NC1=S. The number of hydrogen-bond donors (Lipinski definition) is 1. The largest absolute Gasteiger partial charge is 0.328 e. The predicted octanol–water partition coefficient (Wildman–Crippen LogP) is 2.89. The van der Waals surface area contributed by atoms with Gasteiger partial charge in [-0.05, 0) is 30.8 Å². The van der Waals surface area contributed by atoms with E-state index in [1.165, 1.54) is 6.20 Å². The summed E-state index contributed by atoms with van der Waals surface area (Å²) in [6.45, 7) is 1.95. The maximum absolute atomic E-state index is 12.7. The molecule has 0 saturated carbocycles. The van der Waals surface area contributed by atoms with Gasteiger partial charge >= 0.3 is 0 Å². The molecule has 1 aliphatic heterocycles. The molecule has 0 radical (unpaired) electrons. The van der Waals surface area contributed by atoms with Crippen molar-refractivity contribution in [3.63, 3.8) is 0 Å². The average molecular weight is 347 g/mol. The van der Waals surface area contributed by atoms with Gasteiger partial charge in [-0.3, -0.25) is 14.4 Å². The van der Waals surface area contributed by atoms with Crippen molar-refractivity contribution in [1.29, 1.82) is 0 Å². The van der Waals surface area contributed by atoms with Crippen LogP contribution in [-0.4, -0.2) is 25.7 Å². The maximum Gasteiger partial charge on any atom is 0.277 e. The fourth-order valence-electron chi connectivity index (χ4n) is 2.50. The second-order valence-electron chi connectivity index (χ2n) is 5.25. The zero-order valence-corrected chi connectivity index (χ0v) is 14.2. The zero-order valence-electron chi connectivity index (χ0n) is 12.7. The van der Waals surface area contributed by atoms with Crippen LogP contribution in [0.25, 0.3) is 6.08 Å². The lowest BCUT2D eigenvalue weighted by atomic mass is 10.1. The molecule has 0 spiro atoms. The number of nitrogens with one attached hydrogen (secondary N) is 1. The molecular weight excluding hydrogens is 332 g/mol. The van der Waals surface area contributed by atoms with Gasteiger partial charge in [0.25, 0.3) is 5.91 Å². The lowest BCUT2D eigenvalue weighted by molar-refractivity contribution is -0.123. The van der Waals surface area contributed by atoms with Crippen molar-refractivity contribution in [2.75, 3.05) is 0 Å². The number of aryl methyl sites for hydroxylation is 1. The van der Waals surface area contributed by atoms with Gasteiger partial charge in [-0.25, -0.2) is 0 Å². The zero-order chi connectivity index (χ0) is 16.6. The summed E-state index contributed by atoms with van der Waals surface area (Å²) in [4.78, 5) is 14.3. The maximum atomic E-state index is 12.7. The lowest BCUT2D eigenvalue weighted by Gasteiger charge is -2.23. The van der Waals surface area contributed by atoms with E-state index in [1.54, 1.807) is 22.7 Å². The van der Waals surface area contributed by atoms with Crippen LogP contribution in [0.2, 0.25) is 5.02 Å². The van der Waals surface area contributed by atoms with E-state index in [2.05, 4.69) is 10.4 Å². The van der Waals surface area contributed by atoms with Crippen LogP contribution in [-0.2, 0) is 11.8 Å². The molecule has 2 heterocycles. The highest BCUT2D eigenvalue weighted by Gasteiger charge is 2.35. The van der Waals surface area contributed by atoms with E-state index in [0.717, 1.165) is 5.56 Å². The Bertz CT molecular complexity index is 780. The number of aromatic nitrogens is 2. The molecule has 1 N–H and O–H groups in total. The number of carbonyl (C=O) groups excluding carboxylic acids is 1. The van der Waals surface area contributed by atoms with Gasteiger partial charge in [0, 0.05) is 7.05 Å². The first-order valence-electron chi connectivity index (χ1n) is 7.07. The van der Waals surface area contributed by atoms with Crippen molar-refractivity contribution in [3.8, 4) is 0 Å². The van der Waals surface area contributed by atoms with Gasteiger partial charge in [0.05, 0.1) is 23.0 Å². The first kappa shape index (κ1) is 15.7. The van der Waals surface area contributed by atoms with Gasteiger partial charge in [-0.1, -0.05) is 41.9 Å². The smallest absolute Gasteiger partial charge is 0.277 e. The van der Waals surface area contributed by atoms with Crippen molar-refractivity contribution in [2.24, 2.45) is 7.05 Å². The second-order valence-corrected chi connectivity index (χ2v) is 6.05. The van der Waals surface area contributed by atoms with Crippen LogP contribution in [0.5, 0.6) is 0 Å². The Hall–Kier alpha value is -2.18. The summed E-state index contributed by atoms with van der Waals surface area (Å²) in [6, 6.07) is 9.61. The quantitative estimate of drug-likeness (QED) is 0.686. The summed E-state index contributed by atoms with van der Waals surface area (Å²) in [5.41, 5.74) is 2.06. The summed E-state index contributed by atoms with van der Waals surface area (Å²) >= 11 is 11.4. The fourth-order valence-corrected chi connectivity index (χ4v) is 3.07. The molecule has 0 aliphatic carbocycles. The molecule has 1 atom stereocenters. The Morgan fingerprint density at radius 1 is 1.35 bits per heavy atom. The molecule has 2 aromatic rings. The molecule has 1 aromatic carbocycles. The number of benzene rings is 1. The molecule has 0 bridgehead atoms. The van der Waals surface area contributed by atoms with Crippen molar-refractivity contribution in [1.82, 2.24) is 20.0 Å². The molecule has 1 amide bonds. The van der Waals surface area contributed by atoms with Crippen molar-refractivity contribution in [3.05, 3.63) is 58.5 Å². The number of thiocarbonyl (C=S) groups is 1. The Labute approximate surface area is 144 Å². The van der Waals surface area contributed by atoms with Gasteiger partial charge in [0.2, 0.25) is 0 Å². The Balaban J connectivity index is 1.92. The van der Waals surface area contributed by atoms with Crippen LogP contribution in [0, 0.1) is 0 Å². The van der Waals surface area contributed by atoms with Crippen LogP contribution in [0.3, 0.4) is 0 Å². The molecule has 1 saturated heterocycles. The van der Waals surface area contributed by atoms with Crippen LogP contribution in [0.1, 0.15) is 24.2 Å². The summed E-state index contributed by atoms with van der Waals surface area (Å²) in [5.74, 6) is -0.177. The standard InChI is InChI=1S/C16H15ClN4OS/c1-10(11-6-4-3-5-7-11)21-15(22)13(19-16(21)23)8-14-12(17)9-18-20(14)2/h3-10H,1-2H3,(H,19,23)/b13-8-. The second kappa shape index (κ2) is 6.14. The first-order valence-corrected chi connectivity index (χ1v) is 7.86. The number of amides is 1. The van der Waals surface area contributed by atoms with E-state index in [9.17, 15) is 4.79 Å². The minimum Gasteiger partial charge on any atom is -0.328 e. The summed E-state index contributed by atoms with van der Waals surface area (Å²) in [7, 11) is 1.76. The Morgan fingerprint density at radius 3 is 2.65 bits per heavy atom. The van der Waals surface area contributed by atoms with Crippen molar-refractivity contribution in [2.45, 2.75) is 13.0 Å². The summed E-state index contributed by atoms with van der Waals surface area (Å²) in [5, 5.41) is 7.89. The van der Waals surface area contributed by atoms with E-state index in [0.29, 0.717) is 21.5 Å². The molecule has 1 aromatic heterocycles. The van der Waals surface area contributed by atoms with Crippen molar-refractivity contribution < 1.29 is 4.79 Å². The molecular formula is C16H15ClN4OS. The topological polar surface area (TPSA) is 50.2 Å². The van der Waals surface area contributed by atoms with Gasteiger partial charge in [0.15, 0.2) is 5.11 Å². The molecule has 7 heteroatoms. The highest BCUT2D eigenvalue weighted by Crippen LogP contribution is 2.27. The van der Waals surface area contributed by atoms with Gasteiger partial charge in [-0.15, -0.1) is 0 Å². The number of hydrogen-bond acceptors (Lipinski definition) is 3. The lowest BCUT2D eigenvalue weighted by Crippen LogP contribution is -2.33. The van der Waals surface area contributed by atoms with Crippen LogP contribution < -0.4 is 5.32 Å². The molecule has 1 aliphatic rings. The monoisotopic (exact) mass is 346 g/mol. The Kier molecular flexibility index (Phi) is 4.19. The summed E-state index contributed by atoms with van der Waals surface area (Å²) in [6.07, 6.45) is 3.21. The van der Waals surface area contributed by atoms with E-state index in [1.807, 2.05) is 37.3 Å².